The van der Waals surface area contributed by atoms with Gasteiger partial charge in [0.05, 0.1) is 20.0 Å². The maximum Gasteiger partial charge on any atom is 0.507 e. The van der Waals surface area contributed by atoms with Crippen molar-refractivity contribution in [3.63, 3.8) is 0 Å². The average Bonchev–Trinajstić information content (AvgIpc) is 2.05. The highest BCUT2D eigenvalue weighted by atomic mass is 16.7. The lowest BCUT2D eigenvalue weighted by atomic mass is 10.8. The quantitative estimate of drug-likeness (QED) is 0.487. The number of carbonyl (C=O) groups excluding carboxylic acids is 2. The molecule has 0 amide bonds. The second-order valence-electron chi connectivity index (χ2n) is 1.66. The van der Waals surface area contributed by atoms with Gasteiger partial charge in [-0.15, -0.1) is 0 Å². The zero-order chi connectivity index (χ0) is 10.7. The third kappa shape index (κ3) is 17.9. The number of methoxy groups -OCH3 is 1. The summed E-state index contributed by atoms with van der Waals surface area (Å²) in [5.74, 6) is -0.329. The van der Waals surface area contributed by atoms with Crippen molar-refractivity contribution in [2.24, 2.45) is 0 Å². The highest BCUT2D eigenvalue weighted by Gasteiger charge is 1.92. The minimum Gasteiger partial charge on any atom is -0.438 e. The summed E-state index contributed by atoms with van der Waals surface area (Å²) in [5.41, 5.74) is 0. The van der Waals surface area contributed by atoms with Gasteiger partial charge in [0.1, 0.15) is 0 Å². The number of hydrogen-bond donors (Lipinski definition) is 0. The van der Waals surface area contributed by atoms with Gasteiger partial charge in [0.25, 0.3) is 0 Å². The molecule has 5 nitrogen and oxygen atoms in total. The monoisotopic (exact) mass is 190 g/mol. The maximum atomic E-state index is 9.97. The minimum absolute atomic E-state index is 0.329. The van der Waals surface area contributed by atoms with Crippen LogP contribution in [0.15, 0.2) is 12.8 Å². The average molecular weight is 190 g/mol. The molecule has 0 bridgehead atoms. The molecular weight excluding hydrogens is 176 g/mol. The number of ether oxygens (including phenoxy) is 3. The van der Waals surface area contributed by atoms with E-state index in [4.69, 9.17) is 0 Å². The maximum absolute atomic E-state index is 9.97. The van der Waals surface area contributed by atoms with Crippen molar-refractivity contribution in [2.45, 2.75) is 13.8 Å². The van der Waals surface area contributed by atoms with Crippen LogP contribution in [0.2, 0.25) is 0 Å². The molecule has 0 unspecified atom stereocenters. The number of carbonyl (C=O) groups is 2. The van der Waals surface area contributed by atoms with Crippen molar-refractivity contribution < 1.29 is 23.8 Å². The van der Waals surface area contributed by atoms with Crippen LogP contribution in [0, 0.1) is 0 Å². The molecule has 0 atom stereocenters. The zero-order valence-corrected chi connectivity index (χ0v) is 8.03. The molecule has 76 valence electrons. The Morgan fingerprint density at radius 3 is 2.08 bits per heavy atom. The highest BCUT2D eigenvalue weighted by Crippen LogP contribution is 1.77. The topological polar surface area (TPSA) is 61.8 Å². The first-order valence-electron chi connectivity index (χ1n) is 3.57. The van der Waals surface area contributed by atoms with E-state index >= 15 is 0 Å². The molecule has 0 spiro atoms. The molecule has 0 saturated carbocycles. The third-order valence-corrected chi connectivity index (χ3v) is 0.678. The minimum atomic E-state index is -0.623. The SMILES string of the molecule is C=COC(C)=O.CCOC(=O)OC. The van der Waals surface area contributed by atoms with Gasteiger partial charge in [0.2, 0.25) is 0 Å². The van der Waals surface area contributed by atoms with Crippen molar-refractivity contribution in [1.29, 1.82) is 0 Å². The fourth-order valence-corrected chi connectivity index (χ4v) is 0.294. The van der Waals surface area contributed by atoms with Crippen LogP contribution in [0.5, 0.6) is 0 Å². The van der Waals surface area contributed by atoms with Gasteiger partial charge in [-0.05, 0) is 6.92 Å². The predicted molar refractivity (Wildman–Crippen MR) is 46.0 cm³/mol. The fraction of sp³-hybridized carbons (Fsp3) is 0.500. The van der Waals surface area contributed by atoms with E-state index in [1.807, 2.05) is 0 Å². The lowest BCUT2D eigenvalue weighted by molar-refractivity contribution is -0.135. The van der Waals surface area contributed by atoms with Gasteiger partial charge in [0.15, 0.2) is 0 Å². The van der Waals surface area contributed by atoms with Crippen molar-refractivity contribution in [3.8, 4) is 0 Å². The van der Waals surface area contributed by atoms with Crippen molar-refractivity contribution in [3.05, 3.63) is 12.8 Å². The fourth-order valence-electron chi connectivity index (χ4n) is 0.294. The van der Waals surface area contributed by atoms with Crippen molar-refractivity contribution in [1.82, 2.24) is 0 Å². The summed E-state index contributed by atoms with van der Waals surface area (Å²) in [6.07, 6.45) is 0.477. The van der Waals surface area contributed by atoms with Crippen LogP contribution in [-0.2, 0) is 19.0 Å². The van der Waals surface area contributed by atoms with Crippen LogP contribution in [-0.4, -0.2) is 25.8 Å². The number of rotatable bonds is 2. The van der Waals surface area contributed by atoms with E-state index in [0.717, 1.165) is 6.26 Å². The van der Waals surface area contributed by atoms with Crippen LogP contribution in [0.3, 0.4) is 0 Å². The van der Waals surface area contributed by atoms with Crippen LogP contribution in [0.4, 0.5) is 4.79 Å². The highest BCUT2D eigenvalue weighted by molar-refractivity contribution is 5.66. The molecule has 0 N–H and O–H groups in total. The number of esters is 1. The smallest absolute Gasteiger partial charge is 0.438 e. The molecular formula is C8H14O5. The molecule has 0 radical (unpaired) electrons. The summed E-state index contributed by atoms with van der Waals surface area (Å²) in [4.78, 5) is 19.7. The van der Waals surface area contributed by atoms with Gasteiger partial charge in [0, 0.05) is 6.92 Å². The van der Waals surface area contributed by atoms with E-state index in [1.165, 1.54) is 14.0 Å². The number of hydrogen-bond acceptors (Lipinski definition) is 5. The Balaban J connectivity index is 0. The van der Waals surface area contributed by atoms with Gasteiger partial charge in [-0.25, -0.2) is 4.79 Å². The lowest BCUT2D eigenvalue weighted by Gasteiger charge is -1.94. The van der Waals surface area contributed by atoms with Crippen molar-refractivity contribution >= 4 is 12.1 Å². The van der Waals surface area contributed by atoms with Gasteiger partial charge < -0.3 is 14.2 Å². The molecule has 13 heavy (non-hydrogen) atoms. The molecule has 0 aromatic rings. The molecule has 0 fully saturated rings. The van der Waals surface area contributed by atoms with E-state index < -0.39 is 6.16 Å². The predicted octanol–water partition coefficient (Wildman–Crippen LogP) is 1.48. The molecule has 0 aliphatic carbocycles. The Bertz CT molecular complexity index is 164. The third-order valence-electron chi connectivity index (χ3n) is 0.678. The van der Waals surface area contributed by atoms with Gasteiger partial charge in [-0.1, -0.05) is 6.58 Å². The van der Waals surface area contributed by atoms with E-state index in [0.29, 0.717) is 6.61 Å². The standard InChI is InChI=1S/C4H8O3.C4H6O2/c1-3-7-4(5)6-2;1-3-6-4(2)5/h3H2,1-2H3;3H,1H2,2H3. The first-order valence-corrected chi connectivity index (χ1v) is 3.57. The first kappa shape index (κ1) is 14.0. The molecule has 0 aliphatic rings. The van der Waals surface area contributed by atoms with E-state index in [9.17, 15) is 9.59 Å². The zero-order valence-electron chi connectivity index (χ0n) is 8.03. The summed E-state index contributed by atoms with van der Waals surface area (Å²) in [5, 5.41) is 0. The Labute approximate surface area is 77.3 Å². The summed E-state index contributed by atoms with van der Waals surface area (Å²) in [7, 11) is 1.28. The Kier molecular flexibility index (Phi) is 11.3. The normalized spacial score (nSPS) is 7.31. The molecule has 0 rings (SSSR count). The Morgan fingerprint density at radius 2 is 2.00 bits per heavy atom. The van der Waals surface area contributed by atoms with E-state index in [-0.39, 0.29) is 5.97 Å². The van der Waals surface area contributed by atoms with Gasteiger partial charge in [-0.2, -0.15) is 0 Å². The lowest BCUT2D eigenvalue weighted by Crippen LogP contribution is -2.02. The van der Waals surface area contributed by atoms with Crippen LogP contribution < -0.4 is 0 Å². The second-order valence-corrected chi connectivity index (χ2v) is 1.66. The molecule has 0 saturated heterocycles. The largest absolute Gasteiger partial charge is 0.507 e. The molecule has 0 aliphatic heterocycles. The molecule has 0 aromatic carbocycles. The van der Waals surface area contributed by atoms with E-state index in [2.05, 4.69) is 20.8 Å². The van der Waals surface area contributed by atoms with Crippen LogP contribution in [0.1, 0.15) is 13.8 Å². The second kappa shape index (κ2) is 10.5. The summed E-state index contributed by atoms with van der Waals surface area (Å²) >= 11 is 0. The molecule has 0 heterocycles. The van der Waals surface area contributed by atoms with E-state index in [1.54, 1.807) is 6.92 Å². The summed E-state index contributed by atoms with van der Waals surface area (Å²) in [6.45, 7) is 6.57. The molecule has 0 aromatic heterocycles. The van der Waals surface area contributed by atoms with Gasteiger partial charge >= 0.3 is 12.1 Å². The molecule has 5 heteroatoms. The Hall–Kier alpha value is -1.52. The first-order chi connectivity index (χ1) is 6.08. The van der Waals surface area contributed by atoms with Crippen molar-refractivity contribution in [2.75, 3.05) is 13.7 Å². The van der Waals surface area contributed by atoms with Gasteiger partial charge in [-0.3, -0.25) is 4.79 Å². The van der Waals surface area contributed by atoms with Crippen LogP contribution in [0.25, 0.3) is 0 Å². The summed E-state index contributed by atoms with van der Waals surface area (Å²) < 4.78 is 12.6. The van der Waals surface area contributed by atoms with Crippen LogP contribution >= 0.6 is 0 Å². The summed E-state index contributed by atoms with van der Waals surface area (Å²) in [6, 6.07) is 0. The Morgan fingerprint density at radius 1 is 1.46 bits per heavy atom.